The van der Waals surface area contributed by atoms with Crippen molar-refractivity contribution in [2.75, 3.05) is 0 Å². The quantitative estimate of drug-likeness (QED) is 0.723. The first-order valence-electron chi connectivity index (χ1n) is 6.95. The summed E-state index contributed by atoms with van der Waals surface area (Å²) in [5.41, 5.74) is 0.0739. The Morgan fingerprint density at radius 2 is 2.00 bits per heavy atom. The van der Waals surface area contributed by atoms with E-state index < -0.39 is 0 Å². The molecular formula is C15H29NO. The van der Waals surface area contributed by atoms with Gasteiger partial charge in [-0.1, -0.05) is 26.3 Å². The summed E-state index contributed by atoms with van der Waals surface area (Å²) in [7, 11) is 0. The second-order valence-electron chi connectivity index (χ2n) is 6.39. The van der Waals surface area contributed by atoms with Crippen molar-refractivity contribution in [3.63, 3.8) is 0 Å². The zero-order valence-electron chi connectivity index (χ0n) is 11.9. The number of hydrogen-bond acceptors (Lipinski definition) is 2. The number of aliphatic hydroxyl groups excluding tert-OH is 1. The summed E-state index contributed by atoms with van der Waals surface area (Å²) in [4.78, 5) is 0. The van der Waals surface area contributed by atoms with Gasteiger partial charge in [-0.25, -0.2) is 0 Å². The molecule has 17 heavy (non-hydrogen) atoms. The molecule has 3 atom stereocenters. The van der Waals surface area contributed by atoms with Crippen LogP contribution < -0.4 is 5.32 Å². The number of aliphatic hydroxyl groups is 1. The van der Waals surface area contributed by atoms with Crippen LogP contribution >= 0.6 is 0 Å². The molecular weight excluding hydrogens is 210 g/mol. The summed E-state index contributed by atoms with van der Waals surface area (Å²) in [5.74, 6) is 1.12. The van der Waals surface area contributed by atoms with Crippen molar-refractivity contribution in [3.05, 3.63) is 12.7 Å². The van der Waals surface area contributed by atoms with E-state index in [1.807, 2.05) is 6.08 Å². The summed E-state index contributed by atoms with van der Waals surface area (Å²) >= 11 is 0. The highest BCUT2D eigenvalue weighted by molar-refractivity contribution is 4.97. The molecule has 2 nitrogen and oxygen atoms in total. The smallest absolute Gasteiger partial charge is 0.0543 e. The SMILES string of the molecule is C=C[C@H](NC(C)(C)C1CCCC(O)C1)C(C)C. The normalized spacial score (nSPS) is 28.1. The molecule has 100 valence electrons. The Hall–Kier alpha value is -0.340. The molecule has 1 rings (SSSR count). The Morgan fingerprint density at radius 3 is 2.47 bits per heavy atom. The predicted molar refractivity (Wildman–Crippen MR) is 74.0 cm³/mol. The monoisotopic (exact) mass is 239 g/mol. The van der Waals surface area contributed by atoms with E-state index in [9.17, 15) is 5.11 Å². The third-order valence-electron chi connectivity index (χ3n) is 4.18. The van der Waals surface area contributed by atoms with E-state index in [0.717, 1.165) is 19.3 Å². The van der Waals surface area contributed by atoms with Crippen LogP contribution in [0.4, 0.5) is 0 Å². The average molecular weight is 239 g/mol. The highest BCUT2D eigenvalue weighted by atomic mass is 16.3. The van der Waals surface area contributed by atoms with E-state index in [1.165, 1.54) is 6.42 Å². The van der Waals surface area contributed by atoms with Crippen LogP contribution in [0.25, 0.3) is 0 Å². The highest BCUT2D eigenvalue weighted by Crippen LogP contribution is 2.33. The van der Waals surface area contributed by atoms with Gasteiger partial charge >= 0.3 is 0 Å². The van der Waals surface area contributed by atoms with Crippen LogP contribution in [0.2, 0.25) is 0 Å². The molecule has 0 aromatic heterocycles. The number of nitrogens with one attached hydrogen (secondary N) is 1. The van der Waals surface area contributed by atoms with Crippen molar-refractivity contribution in [1.82, 2.24) is 5.32 Å². The van der Waals surface area contributed by atoms with Crippen molar-refractivity contribution < 1.29 is 5.11 Å². The fourth-order valence-corrected chi connectivity index (χ4v) is 2.86. The molecule has 0 aliphatic heterocycles. The Balaban J connectivity index is 2.62. The minimum absolute atomic E-state index is 0.0739. The molecule has 2 unspecified atom stereocenters. The molecule has 0 bridgehead atoms. The lowest BCUT2D eigenvalue weighted by molar-refractivity contribution is 0.0637. The maximum atomic E-state index is 9.80. The molecule has 0 amide bonds. The van der Waals surface area contributed by atoms with Crippen molar-refractivity contribution >= 4 is 0 Å². The van der Waals surface area contributed by atoms with Gasteiger partial charge in [-0.3, -0.25) is 0 Å². The minimum Gasteiger partial charge on any atom is -0.393 e. The molecule has 2 N–H and O–H groups in total. The van der Waals surface area contributed by atoms with Crippen LogP contribution in [-0.4, -0.2) is 22.8 Å². The van der Waals surface area contributed by atoms with Crippen LogP contribution in [0, 0.1) is 11.8 Å². The molecule has 1 aliphatic rings. The van der Waals surface area contributed by atoms with Crippen molar-refractivity contribution in [2.24, 2.45) is 11.8 Å². The van der Waals surface area contributed by atoms with Crippen LogP contribution in [0.15, 0.2) is 12.7 Å². The molecule has 1 fully saturated rings. The molecule has 0 aromatic rings. The van der Waals surface area contributed by atoms with Crippen LogP contribution in [0.5, 0.6) is 0 Å². The van der Waals surface area contributed by atoms with Gasteiger partial charge in [0.2, 0.25) is 0 Å². The molecule has 0 aromatic carbocycles. The van der Waals surface area contributed by atoms with Gasteiger partial charge in [-0.15, -0.1) is 6.58 Å². The molecule has 0 radical (unpaired) electrons. The first-order valence-corrected chi connectivity index (χ1v) is 6.95. The third kappa shape index (κ3) is 4.11. The van der Waals surface area contributed by atoms with Gasteiger partial charge in [0.1, 0.15) is 0 Å². The molecule has 0 spiro atoms. The maximum absolute atomic E-state index is 9.80. The van der Waals surface area contributed by atoms with E-state index in [2.05, 4.69) is 39.6 Å². The van der Waals surface area contributed by atoms with E-state index in [1.54, 1.807) is 0 Å². The van der Waals surface area contributed by atoms with Gasteiger partial charge in [-0.05, 0) is 44.9 Å². The summed E-state index contributed by atoms with van der Waals surface area (Å²) in [6, 6.07) is 0.351. The third-order valence-corrected chi connectivity index (χ3v) is 4.18. The fraction of sp³-hybridized carbons (Fsp3) is 0.867. The van der Waals surface area contributed by atoms with Gasteiger partial charge in [0.25, 0.3) is 0 Å². The molecule has 2 heteroatoms. The molecule has 0 saturated heterocycles. The first-order chi connectivity index (χ1) is 7.86. The van der Waals surface area contributed by atoms with Gasteiger partial charge in [0.05, 0.1) is 6.10 Å². The van der Waals surface area contributed by atoms with Crippen LogP contribution in [-0.2, 0) is 0 Å². The molecule has 1 aliphatic carbocycles. The lowest BCUT2D eigenvalue weighted by atomic mass is 9.75. The van der Waals surface area contributed by atoms with Crippen LogP contribution in [0.1, 0.15) is 53.4 Å². The van der Waals surface area contributed by atoms with Gasteiger partial charge in [0.15, 0.2) is 0 Å². The predicted octanol–water partition coefficient (Wildman–Crippen LogP) is 3.12. The first kappa shape index (κ1) is 14.7. The summed E-state index contributed by atoms with van der Waals surface area (Å²) in [6.07, 6.45) is 6.18. The number of hydrogen-bond donors (Lipinski definition) is 2. The maximum Gasteiger partial charge on any atom is 0.0543 e. The molecule has 1 saturated carbocycles. The largest absolute Gasteiger partial charge is 0.393 e. The second kappa shape index (κ2) is 6.01. The van der Waals surface area contributed by atoms with Crippen molar-refractivity contribution in [1.29, 1.82) is 0 Å². The van der Waals surface area contributed by atoms with Crippen molar-refractivity contribution in [3.8, 4) is 0 Å². The van der Waals surface area contributed by atoms with Crippen molar-refractivity contribution in [2.45, 2.75) is 71.1 Å². The van der Waals surface area contributed by atoms with Gasteiger partial charge < -0.3 is 10.4 Å². The Kier molecular flexibility index (Phi) is 5.21. The summed E-state index contributed by atoms with van der Waals surface area (Å²) in [5, 5.41) is 13.5. The van der Waals surface area contributed by atoms with E-state index in [-0.39, 0.29) is 11.6 Å². The summed E-state index contributed by atoms with van der Waals surface area (Å²) < 4.78 is 0. The Bertz CT molecular complexity index is 247. The Labute approximate surface area is 106 Å². The fourth-order valence-electron chi connectivity index (χ4n) is 2.86. The minimum atomic E-state index is -0.101. The van der Waals surface area contributed by atoms with Gasteiger partial charge in [-0.2, -0.15) is 0 Å². The van der Waals surface area contributed by atoms with E-state index in [4.69, 9.17) is 0 Å². The zero-order valence-corrected chi connectivity index (χ0v) is 11.9. The highest BCUT2D eigenvalue weighted by Gasteiger charge is 2.34. The number of rotatable bonds is 5. The zero-order chi connectivity index (χ0) is 13.1. The average Bonchev–Trinajstić information content (AvgIpc) is 2.25. The van der Waals surface area contributed by atoms with Crippen LogP contribution in [0.3, 0.4) is 0 Å². The lowest BCUT2D eigenvalue weighted by Gasteiger charge is -2.42. The standard InChI is InChI=1S/C15H29NO/c1-6-14(11(2)3)16-15(4,5)12-8-7-9-13(17)10-12/h6,11-14,16-17H,1,7-10H2,2-5H3/t12?,13?,14-/m0/s1. The second-order valence-corrected chi connectivity index (χ2v) is 6.39. The molecule has 0 heterocycles. The van der Waals surface area contributed by atoms with E-state index >= 15 is 0 Å². The van der Waals surface area contributed by atoms with E-state index in [0.29, 0.717) is 17.9 Å². The Morgan fingerprint density at radius 1 is 1.35 bits per heavy atom. The van der Waals surface area contributed by atoms with Gasteiger partial charge in [0, 0.05) is 11.6 Å². The summed E-state index contributed by atoms with van der Waals surface area (Å²) in [6.45, 7) is 12.9. The topological polar surface area (TPSA) is 32.3 Å². The lowest BCUT2D eigenvalue weighted by Crippen LogP contribution is -2.53.